The maximum Gasteiger partial charge on any atom is 0.249 e. The van der Waals surface area contributed by atoms with Gasteiger partial charge in [-0.3, -0.25) is 4.79 Å². The second kappa shape index (κ2) is 5.61. The molecule has 2 heterocycles. The van der Waals surface area contributed by atoms with Crippen LogP contribution in [0, 0.1) is 0 Å². The van der Waals surface area contributed by atoms with Crippen molar-refractivity contribution in [1.29, 1.82) is 0 Å². The third-order valence-corrected chi connectivity index (χ3v) is 3.07. The van der Waals surface area contributed by atoms with Crippen molar-refractivity contribution >= 4 is 5.91 Å². The molecule has 2 aliphatic rings. The molecule has 2 rings (SSSR count). The molecule has 0 bridgehead atoms. The summed E-state index contributed by atoms with van der Waals surface area (Å²) < 4.78 is 10.9. The molecule has 1 amide bonds. The van der Waals surface area contributed by atoms with Crippen molar-refractivity contribution in [3.8, 4) is 0 Å². The Morgan fingerprint density at radius 3 is 3.00 bits per heavy atom. The third kappa shape index (κ3) is 3.17. The zero-order valence-electron chi connectivity index (χ0n) is 9.78. The lowest BCUT2D eigenvalue weighted by Gasteiger charge is -2.30. The normalized spacial score (nSPS) is 31.6. The maximum atomic E-state index is 11.7. The zero-order chi connectivity index (χ0) is 11.4. The van der Waals surface area contributed by atoms with E-state index in [2.05, 4.69) is 17.3 Å². The predicted molar refractivity (Wildman–Crippen MR) is 59.2 cm³/mol. The number of amides is 1. The Kier molecular flexibility index (Phi) is 4.15. The summed E-state index contributed by atoms with van der Waals surface area (Å²) in [5, 5.41) is 2.90. The Bertz CT molecular complexity index is 241. The van der Waals surface area contributed by atoms with Gasteiger partial charge in [0.2, 0.25) is 5.91 Å². The molecule has 92 valence electrons. The highest BCUT2D eigenvalue weighted by atomic mass is 16.5. The number of rotatable bonds is 3. The first-order chi connectivity index (χ1) is 7.75. The van der Waals surface area contributed by atoms with Crippen molar-refractivity contribution in [2.75, 3.05) is 39.9 Å². The van der Waals surface area contributed by atoms with Gasteiger partial charge in [0.1, 0.15) is 6.10 Å². The Balaban J connectivity index is 1.67. The SMILES string of the molecule is CN1CCOC(CNC(=O)C2CCCO2)C1. The molecule has 16 heavy (non-hydrogen) atoms. The smallest absolute Gasteiger partial charge is 0.249 e. The topological polar surface area (TPSA) is 50.8 Å². The zero-order valence-corrected chi connectivity index (χ0v) is 9.78. The summed E-state index contributed by atoms with van der Waals surface area (Å²) >= 11 is 0. The van der Waals surface area contributed by atoms with Gasteiger partial charge in [-0.15, -0.1) is 0 Å². The lowest BCUT2D eigenvalue weighted by atomic mass is 10.2. The molecule has 0 radical (unpaired) electrons. The highest BCUT2D eigenvalue weighted by Crippen LogP contribution is 2.11. The molecular weight excluding hydrogens is 208 g/mol. The van der Waals surface area contributed by atoms with Crippen LogP contribution < -0.4 is 5.32 Å². The predicted octanol–water partition coefficient (Wildman–Crippen LogP) is -0.388. The molecule has 0 spiro atoms. The average molecular weight is 228 g/mol. The number of ether oxygens (including phenoxy) is 2. The largest absolute Gasteiger partial charge is 0.374 e. The monoisotopic (exact) mass is 228 g/mol. The molecular formula is C11H20N2O3. The molecule has 2 atom stereocenters. The lowest BCUT2D eigenvalue weighted by molar-refractivity contribution is -0.131. The van der Waals surface area contributed by atoms with Gasteiger partial charge in [-0.1, -0.05) is 0 Å². The standard InChI is InChI=1S/C11H20N2O3/c1-13-4-6-15-9(8-13)7-12-11(14)10-3-2-5-16-10/h9-10H,2-8H2,1H3,(H,12,14). The fourth-order valence-electron chi connectivity index (χ4n) is 2.10. The van der Waals surface area contributed by atoms with Crippen LogP contribution >= 0.6 is 0 Å². The number of carbonyl (C=O) groups excluding carboxylic acids is 1. The van der Waals surface area contributed by atoms with Gasteiger partial charge in [0.05, 0.1) is 12.7 Å². The number of carbonyl (C=O) groups is 1. The van der Waals surface area contributed by atoms with Crippen molar-refractivity contribution in [3.63, 3.8) is 0 Å². The van der Waals surface area contributed by atoms with Crippen molar-refractivity contribution in [3.05, 3.63) is 0 Å². The van der Waals surface area contributed by atoms with Crippen LogP contribution in [-0.2, 0) is 14.3 Å². The summed E-state index contributed by atoms with van der Waals surface area (Å²) in [7, 11) is 2.07. The van der Waals surface area contributed by atoms with Crippen LogP contribution in [0.1, 0.15) is 12.8 Å². The highest BCUT2D eigenvalue weighted by Gasteiger charge is 2.25. The summed E-state index contributed by atoms with van der Waals surface area (Å²) in [6, 6.07) is 0. The van der Waals surface area contributed by atoms with Gasteiger partial charge >= 0.3 is 0 Å². The first-order valence-electron chi connectivity index (χ1n) is 5.95. The van der Waals surface area contributed by atoms with E-state index in [1.165, 1.54) is 0 Å². The minimum absolute atomic E-state index is 0.00864. The fourth-order valence-corrected chi connectivity index (χ4v) is 2.10. The lowest BCUT2D eigenvalue weighted by Crippen LogP contribution is -2.47. The van der Waals surface area contributed by atoms with Crippen molar-refractivity contribution in [1.82, 2.24) is 10.2 Å². The van der Waals surface area contributed by atoms with E-state index in [1.807, 2.05) is 0 Å². The van der Waals surface area contributed by atoms with Crippen LogP contribution in [0.25, 0.3) is 0 Å². The molecule has 0 saturated carbocycles. The second-order valence-corrected chi connectivity index (χ2v) is 4.50. The van der Waals surface area contributed by atoms with Crippen LogP contribution in [0.5, 0.6) is 0 Å². The Morgan fingerprint density at radius 2 is 2.31 bits per heavy atom. The quantitative estimate of drug-likeness (QED) is 0.715. The molecule has 2 aliphatic heterocycles. The summed E-state index contributed by atoms with van der Waals surface area (Å²) in [5.74, 6) is 0.00864. The van der Waals surface area contributed by atoms with E-state index in [9.17, 15) is 4.79 Å². The molecule has 0 aromatic heterocycles. The van der Waals surface area contributed by atoms with E-state index >= 15 is 0 Å². The number of hydrogen-bond donors (Lipinski definition) is 1. The maximum absolute atomic E-state index is 11.7. The van der Waals surface area contributed by atoms with Crippen LogP contribution in [0.15, 0.2) is 0 Å². The molecule has 1 N–H and O–H groups in total. The van der Waals surface area contributed by atoms with Gasteiger partial charge in [-0.2, -0.15) is 0 Å². The Labute approximate surface area is 96.1 Å². The molecule has 5 heteroatoms. The molecule has 5 nitrogen and oxygen atoms in total. The molecule has 0 aliphatic carbocycles. The molecule has 2 unspecified atom stereocenters. The van der Waals surface area contributed by atoms with E-state index in [0.717, 1.165) is 32.5 Å². The minimum atomic E-state index is -0.235. The first kappa shape index (κ1) is 11.8. The van der Waals surface area contributed by atoms with E-state index in [0.29, 0.717) is 13.2 Å². The van der Waals surface area contributed by atoms with E-state index in [-0.39, 0.29) is 18.1 Å². The molecule has 0 aromatic rings. The van der Waals surface area contributed by atoms with Crippen LogP contribution in [0.3, 0.4) is 0 Å². The number of nitrogens with one attached hydrogen (secondary N) is 1. The highest BCUT2D eigenvalue weighted by molar-refractivity contribution is 5.80. The minimum Gasteiger partial charge on any atom is -0.374 e. The van der Waals surface area contributed by atoms with Crippen LogP contribution in [-0.4, -0.2) is 62.9 Å². The fraction of sp³-hybridized carbons (Fsp3) is 0.909. The number of nitrogens with zero attached hydrogens (tertiary/aromatic N) is 1. The summed E-state index contributed by atoms with van der Waals surface area (Å²) in [6.45, 7) is 3.89. The van der Waals surface area contributed by atoms with Gasteiger partial charge in [0.15, 0.2) is 0 Å². The van der Waals surface area contributed by atoms with Crippen molar-refractivity contribution in [2.45, 2.75) is 25.0 Å². The average Bonchev–Trinajstić information content (AvgIpc) is 2.79. The van der Waals surface area contributed by atoms with E-state index in [4.69, 9.17) is 9.47 Å². The third-order valence-electron chi connectivity index (χ3n) is 3.07. The Hall–Kier alpha value is -0.650. The van der Waals surface area contributed by atoms with E-state index < -0.39 is 0 Å². The molecule has 2 saturated heterocycles. The van der Waals surface area contributed by atoms with Crippen LogP contribution in [0.4, 0.5) is 0 Å². The van der Waals surface area contributed by atoms with Crippen molar-refractivity contribution in [2.24, 2.45) is 0 Å². The number of hydrogen-bond acceptors (Lipinski definition) is 4. The van der Waals surface area contributed by atoms with Gasteiger partial charge in [0.25, 0.3) is 0 Å². The van der Waals surface area contributed by atoms with Crippen molar-refractivity contribution < 1.29 is 14.3 Å². The molecule has 2 fully saturated rings. The Morgan fingerprint density at radius 1 is 1.44 bits per heavy atom. The van der Waals surface area contributed by atoms with Gasteiger partial charge < -0.3 is 19.7 Å². The van der Waals surface area contributed by atoms with Gasteiger partial charge in [0, 0.05) is 26.2 Å². The van der Waals surface area contributed by atoms with Gasteiger partial charge in [-0.25, -0.2) is 0 Å². The summed E-state index contributed by atoms with van der Waals surface area (Å²) in [6.07, 6.45) is 1.71. The van der Waals surface area contributed by atoms with Crippen LogP contribution in [0.2, 0.25) is 0 Å². The molecule has 0 aromatic carbocycles. The second-order valence-electron chi connectivity index (χ2n) is 4.50. The summed E-state index contributed by atoms with van der Waals surface area (Å²) in [4.78, 5) is 13.9. The number of morpholine rings is 1. The van der Waals surface area contributed by atoms with E-state index in [1.54, 1.807) is 0 Å². The van der Waals surface area contributed by atoms with Gasteiger partial charge in [-0.05, 0) is 19.9 Å². The first-order valence-corrected chi connectivity index (χ1v) is 5.95. The number of likely N-dealkylation sites (N-methyl/N-ethyl adjacent to an activating group) is 1. The summed E-state index contributed by atoms with van der Waals surface area (Å²) in [5.41, 5.74) is 0.